The molecule has 2 amide bonds. The van der Waals surface area contributed by atoms with Gasteiger partial charge in [0.05, 0.1) is 17.8 Å². The number of hydrogen-bond donors (Lipinski definition) is 2. The van der Waals surface area contributed by atoms with E-state index < -0.39 is 5.92 Å². The summed E-state index contributed by atoms with van der Waals surface area (Å²) >= 11 is 0. The Bertz CT molecular complexity index is 1070. The van der Waals surface area contributed by atoms with Crippen LogP contribution >= 0.6 is 0 Å². The molecular formula is C22H21FN4O2. The molecule has 3 aromatic rings. The number of hydrogen-bond acceptors (Lipinski definition) is 3. The predicted molar refractivity (Wildman–Crippen MR) is 108 cm³/mol. The Kier molecular flexibility index (Phi) is 4.88. The number of nitrogens with one attached hydrogen (secondary N) is 2. The minimum Gasteiger partial charge on any atom is -0.341 e. The number of aryl methyl sites for hydroxylation is 1. The van der Waals surface area contributed by atoms with E-state index in [1.807, 2.05) is 25.1 Å². The summed E-state index contributed by atoms with van der Waals surface area (Å²) < 4.78 is 13.2. The average Bonchev–Trinajstić information content (AvgIpc) is 3.27. The number of fused-ring (bicyclic) bond motifs is 1. The lowest BCUT2D eigenvalue weighted by Gasteiger charge is -2.19. The van der Waals surface area contributed by atoms with Crippen molar-refractivity contribution in [1.82, 2.24) is 15.1 Å². The van der Waals surface area contributed by atoms with E-state index in [0.29, 0.717) is 6.54 Å². The van der Waals surface area contributed by atoms with E-state index in [1.54, 1.807) is 30.3 Å². The highest BCUT2D eigenvalue weighted by Crippen LogP contribution is 2.35. The Balaban J connectivity index is 1.48. The fraction of sp³-hybridized carbons (Fsp3) is 0.227. The maximum absolute atomic E-state index is 13.2. The van der Waals surface area contributed by atoms with Gasteiger partial charge < -0.3 is 10.2 Å². The van der Waals surface area contributed by atoms with Gasteiger partial charge in [-0.25, -0.2) is 4.39 Å². The SMILES string of the molecule is Cc1ccc2c(c1)[C@H](CC(=O)N(C)Cc1cn[nH]c1-c1ccc(F)cc1)C(=O)N2. The molecule has 1 aromatic heterocycles. The normalized spacial score (nSPS) is 15.1. The van der Waals surface area contributed by atoms with Crippen LogP contribution in [0, 0.1) is 12.7 Å². The molecule has 0 spiro atoms. The zero-order chi connectivity index (χ0) is 20.5. The number of anilines is 1. The number of benzene rings is 2. The van der Waals surface area contributed by atoms with Crippen LogP contribution in [0.3, 0.4) is 0 Å². The topological polar surface area (TPSA) is 78.1 Å². The molecule has 4 rings (SSSR count). The van der Waals surface area contributed by atoms with E-state index in [1.165, 1.54) is 12.1 Å². The number of aromatic nitrogens is 2. The van der Waals surface area contributed by atoms with Crippen molar-refractivity contribution >= 4 is 17.5 Å². The summed E-state index contributed by atoms with van der Waals surface area (Å²) in [5.74, 6) is -1.08. The number of nitrogens with zero attached hydrogens (tertiary/aromatic N) is 2. The van der Waals surface area contributed by atoms with Crippen molar-refractivity contribution in [1.29, 1.82) is 0 Å². The van der Waals surface area contributed by atoms with Gasteiger partial charge >= 0.3 is 0 Å². The largest absolute Gasteiger partial charge is 0.341 e. The highest BCUT2D eigenvalue weighted by atomic mass is 19.1. The zero-order valence-corrected chi connectivity index (χ0v) is 16.2. The summed E-state index contributed by atoms with van der Waals surface area (Å²) in [7, 11) is 1.70. The van der Waals surface area contributed by atoms with Gasteiger partial charge in [0.1, 0.15) is 5.82 Å². The third kappa shape index (κ3) is 3.76. The van der Waals surface area contributed by atoms with Gasteiger partial charge in [-0.05, 0) is 42.8 Å². The molecule has 1 aliphatic rings. The van der Waals surface area contributed by atoms with Gasteiger partial charge in [0.25, 0.3) is 0 Å². The fourth-order valence-electron chi connectivity index (χ4n) is 3.62. The second kappa shape index (κ2) is 7.50. The molecule has 148 valence electrons. The van der Waals surface area contributed by atoms with Crippen LogP contribution < -0.4 is 5.32 Å². The van der Waals surface area contributed by atoms with Crippen LogP contribution in [0.5, 0.6) is 0 Å². The number of H-pyrrole nitrogens is 1. The number of halogens is 1. The second-order valence-corrected chi connectivity index (χ2v) is 7.36. The van der Waals surface area contributed by atoms with Crippen LogP contribution in [0.2, 0.25) is 0 Å². The van der Waals surface area contributed by atoms with Crippen LogP contribution in [0.4, 0.5) is 10.1 Å². The van der Waals surface area contributed by atoms with Gasteiger partial charge in [-0.3, -0.25) is 14.7 Å². The average molecular weight is 392 g/mol. The van der Waals surface area contributed by atoms with Gasteiger partial charge in [0.2, 0.25) is 11.8 Å². The first-order valence-corrected chi connectivity index (χ1v) is 9.36. The molecule has 0 radical (unpaired) electrons. The summed E-state index contributed by atoms with van der Waals surface area (Å²) in [6.07, 6.45) is 1.76. The first-order chi connectivity index (χ1) is 13.9. The zero-order valence-electron chi connectivity index (χ0n) is 16.2. The van der Waals surface area contributed by atoms with E-state index in [9.17, 15) is 14.0 Å². The number of carbonyl (C=O) groups excluding carboxylic acids is 2. The quantitative estimate of drug-likeness (QED) is 0.696. The Morgan fingerprint density at radius 2 is 1.97 bits per heavy atom. The van der Waals surface area contributed by atoms with Crippen molar-refractivity contribution < 1.29 is 14.0 Å². The van der Waals surface area contributed by atoms with Crippen molar-refractivity contribution in [3.05, 3.63) is 71.2 Å². The number of aromatic amines is 1. The van der Waals surface area contributed by atoms with Gasteiger partial charge in [-0.2, -0.15) is 5.10 Å². The van der Waals surface area contributed by atoms with Gasteiger partial charge in [-0.15, -0.1) is 0 Å². The molecule has 7 heteroatoms. The molecule has 1 aliphatic heterocycles. The van der Waals surface area contributed by atoms with Crippen LogP contribution in [0.15, 0.2) is 48.7 Å². The van der Waals surface area contributed by atoms with Gasteiger partial charge in [-0.1, -0.05) is 17.7 Å². The Labute approximate surface area is 167 Å². The summed E-state index contributed by atoms with van der Waals surface area (Å²) in [5, 5.41) is 9.82. The fourth-order valence-corrected chi connectivity index (χ4v) is 3.62. The van der Waals surface area contributed by atoms with Crippen molar-refractivity contribution in [3.8, 4) is 11.3 Å². The minimum absolute atomic E-state index is 0.0997. The monoisotopic (exact) mass is 392 g/mol. The molecule has 2 heterocycles. The molecule has 0 bridgehead atoms. The maximum Gasteiger partial charge on any atom is 0.232 e. The number of rotatable bonds is 5. The molecule has 0 fully saturated rings. The summed E-state index contributed by atoms with van der Waals surface area (Å²) in [5.41, 5.74) is 5.04. The molecule has 0 unspecified atom stereocenters. The van der Waals surface area contributed by atoms with Crippen molar-refractivity contribution in [2.75, 3.05) is 12.4 Å². The summed E-state index contributed by atoms with van der Waals surface area (Å²) in [4.78, 5) is 26.8. The molecule has 6 nitrogen and oxygen atoms in total. The smallest absolute Gasteiger partial charge is 0.232 e. The molecule has 1 atom stereocenters. The number of amides is 2. The van der Waals surface area contributed by atoms with E-state index >= 15 is 0 Å². The summed E-state index contributed by atoms with van der Waals surface area (Å²) in [6.45, 7) is 2.29. The maximum atomic E-state index is 13.2. The molecule has 2 aromatic carbocycles. The van der Waals surface area contributed by atoms with E-state index in [2.05, 4.69) is 15.5 Å². The van der Waals surface area contributed by atoms with Crippen LogP contribution in [-0.2, 0) is 16.1 Å². The third-order valence-electron chi connectivity index (χ3n) is 5.22. The standard InChI is InChI=1S/C22H21FN4O2/c1-13-3-8-19-17(9-13)18(22(29)25-19)10-20(28)27(2)12-15-11-24-26-21(15)14-4-6-16(23)7-5-14/h3-9,11,18H,10,12H2,1-2H3,(H,24,26)(H,25,29)/t18-/m0/s1. The van der Waals surface area contributed by atoms with Gasteiger partial charge in [0, 0.05) is 36.8 Å². The van der Waals surface area contributed by atoms with Crippen LogP contribution in [0.25, 0.3) is 11.3 Å². The van der Waals surface area contributed by atoms with Crippen molar-refractivity contribution in [2.45, 2.75) is 25.8 Å². The van der Waals surface area contributed by atoms with E-state index in [-0.39, 0.29) is 24.1 Å². The Hall–Kier alpha value is -3.48. The highest BCUT2D eigenvalue weighted by Gasteiger charge is 2.33. The van der Waals surface area contributed by atoms with Crippen molar-refractivity contribution in [2.24, 2.45) is 0 Å². The molecule has 2 N–H and O–H groups in total. The first kappa shape index (κ1) is 18.9. The third-order valence-corrected chi connectivity index (χ3v) is 5.22. The lowest BCUT2D eigenvalue weighted by molar-refractivity contribution is -0.132. The highest BCUT2D eigenvalue weighted by molar-refractivity contribution is 6.05. The van der Waals surface area contributed by atoms with E-state index in [0.717, 1.165) is 33.6 Å². The lowest BCUT2D eigenvalue weighted by atomic mass is 9.95. The molecule has 0 saturated heterocycles. The second-order valence-electron chi connectivity index (χ2n) is 7.36. The van der Waals surface area contributed by atoms with E-state index in [4.69, 9.17) is 0 Å². The molecule has 0 saturated carbocycles. The van der Waals surface area contributed by atoms with Crippen LogP contribution in [-0.4, -0.2) is 34.0 Å². The summed E-state index contributed by atoms with van der Waals surface area (Å²) in [6, 6.07) is 11.9. The Morgan fingerprint density at radius 3 is 2.72 bits per heavy atom. The minimum atomic E-state index is -0.485. The molecule has 29 heavy (non-hydrogen) atoms. The molecule has 0 aliphatic carbocycles. The van der Waals surface area contributed by atoms with Gasteiger partial charge in [0.15, 0.2) is 0 Å². The lowest BCUT2D eigenvalue weighted by Crippen LogP contribution is -2.29. The predicted octanol–water partition coefficient (Wildman–Crippen LogP) is 3.61. The van der Waals surface area contributed by atoms with Crippen molar-refractivity contribution in [3.63, 3.8) is 0 Å². The number of carbonyl (C=O) groups is 2. The first-order valence-electron chi connectivity index (χ1n) is 9.36. The Morgan fingerprint density at radius 1 is 1.21 bits per heavy atom. The molecular weight excluding hydrogens is 371 g/mol. The van der Waals surface area contributed by atoms with Crippen LogP contribution in [0.1, 0.15) is 29.0 Å².